The predicted molar refractivity (Wildman–Crippen MR) is 127 cm³/mol. The molecule has 0 saturated carbocycles. The van der Waals surface area contributed by atoms with Crippen LogP contribution in [-0.2, 0) is 4.79 Å². The molecule has 0 atom stereocenters. The van der Waals surface area contributed by atoms with Crippen molar-refractivity contribution in [3.63, 3.8) is 0 Å². The summed E-state index contributed by atoms with van der Waals surface area (Å²) in [7, 11) is 1.54. The van der Waals surface area contributed by atoms with E-state index in [4.69, 9.17) is 32.7 Å². The van der Waals surface area contributed by atoms with Gasteiger partial charge in [-0.15, -0.1) is 0 Å². The van der Waals surface area contributed by atoms with Gasteiger partial charge < -0.3 is 14.8 Å². The van der Waals surface area contributed by atoms with Crippen LogP contribution >= 0.6 is 23.2 Å². The molecule has 160 valence electrons. The van der Waals surface area contributed by atoms with Crippen molar-refractivity contribution in [1.82, 2.24) is 0 Å². The summed E-state index contributed by atoms with van der Waals surface area (Å²) in [5, 5.41) is 4.01. The normalized spacial score (nSPS) is 10.9. The van der Waals surface area contributed by atoms with Crippen LogP contribution in [0.2, 0.25) is 10.0 Å². The van der Waals surface area contributed by atoms with E-state index >= 15 is 0 Å². The van der Waals surface area contributed by atoms with Crippen molar-refractivity contribution in [3.05, 3.63) is 81.3 Å². The summed E-state index contributed by atoms with van der Waals surface area (Å²) in [6, 6.07) is 16.3. The number of aryl methyl sites for hydroxylation is 1. The summed E-state index contributed by atoms with van der Waals surface area (Å²) in [4.78, 5) is 16.7. The Balaban J connectivity index is 1.65. The Morgan fingerprint density at radius 2 is 1.84 bits per heavy atom. The average molecular weight is 457 g/mol. The molecule has 3 rings (SSSR count). The number of hydrogen-bond donors (Lipinski definition) is 1. The van der Waals surface area contributed by atoms with Gasteiger partial charge in [0.15, 0.2) is 18.1 Å². The molecule has 3 aromatic rings. The molecule has 0 saturated heterocycles. The highest BCUT2D eigenvalue weighted by atomic mass is 35.5. The second kappa shape index (κ2) is 10.3. The van der Waals surface area contributed by atoms with Gasteiger partial charge >= 0.3 is 0 Å². The molecule has 0 radical (unpaired) electrons. The Morgan fingerprint density at radius 1 is 1.03 bits per heavy atom. The molecule has 0 unspecified atom stereocenters. The van der Waals surface area contributed by atoms with E-state index in [1.807, 2.05) is 44.2 Å². The fraction of sp³-hybridized carbons (Fsp3) is 0.167. The van der Waals surface area contributed by atoms with Crippen LogP contribution in [0.25, 0.3) is 0 Å². The molecule has 1 N–H and O–H groups in total. The molecule has 0 aromatic heterocycles. The summed E-state index contributed by atoms with van der Waals surface area (Å²) >= 11 is 12.2. The van der Waals surface area contributed by atoms with Gasteiger partial charge in [-0.05, 0) is 73.0 Å². The first kappa shape index (κ1) is 22.7. The van der Waals surface area contributed by atoms with Gasteiger partial charge in [0.2, 0.25) is 0 Å². The number of aliphatic imine (C=N–C) groups is 1. The second-order valence-corrected chi connectivity index (χ2v) is 7.67. The Labute approximate surface area is 191 Å². The standard InChI is InChI=1S/C24H22Cl2N2O3/c1-15-7-9-18(12-20(15)26)28-24(29)14-31-22-10-8-17(11-23(22)30-3)13-27-21-6-4-5-19(25)16(21)2/h4-13H,14H2,1-3H3,(H,28,29). The van der Waals surface area contributed by atoms with E-state index in [0.717, 1.165) is 22.4 Å². The van der Waals surface area contributed by atoms with E-state index in [0.29, 0.717) is 27.2 Å². The number of benzene rings is 3. The van der Waals surface area contributed by atoms with Crippen molar-refractivity contribution in [2.75, 3.05) is 19.0 Å². The van der Waals surface area contributed by atoms with Crippen molar-refractivity contribution >= 4 is 46.7 Å². The lowest BCUT2D eigenvalue weighted by atomic mass is 10.2. The van der Waals surface area contributed by atoms with Crippen LogP contribution in [0.3, 0.4) is 0 Å². The van der Waals surface area contributed by atoms with Gasteiger partial charge in [-0.25, -0.2) is 0 Å². The first-order valence-corrected chi connectivity index (χ1v) is 10.3. The Morgan fingerprint density at radius 3 is 2.58 bits per heavy atom. The van der Waals surface area contributed by atoms with Crippen LogP contribution in [-0.4, -0.2) is 25.8 Å². The van der Waals surface area contributed by atoms with Crippen LogP contribution in [0, 0.1) is 13.8 Å². The lowest BCUT2D eigenvalue weighted by molar-refractivity contribution is -0.118. The maximum absolute atomic E-state index is 12.2. The van der Waals surface area contributed by atoms with Crippen LogP contribution < -0.4 is 14.8 Å². The van der Waals surface area contributed by atoms with Crippen molar-refractivity contribution < 1.29 is 14.3 Å². The number of ether oxygens (including phenoxy) is 2. The summed E-state index contributed by atoms with van der Waals surface area (Å²) in [6.45, 7) is 3.65. The number of carbonyl (C=O) groups is 1. The number of methoxy groups -OCH3 is 1. The van der Waals surface area contributed by atoms with Gasteiger partial charge in [0.05, 0.1) is 12.8 Å². The highest BCUT2D eigenvalue weighted by molar-refractivity contribution is 6.32. The van der Waals surface area contributed by atoms with Crippen LogP contribution in [0.15, 0.2) is 59.6 Å². The molecule has 0 spiro atoms. The maximum atomic E-state index is 12.2. The number of nitrogens with one attached hydrogen (secondary N) is 1. The SMILES string of the molecule is COc1cc(C=Nc2cccc(Cl)c2C)ccc1OCC(=O)Nc1ccc(C)c(Cl)c1. The minimum absolute atomic E-state index is 0.170. The molecule has 31 heavy (non-hydrogen) atoms. The van der Waals surface area contributed by atoms with E-state index in [1.165, 1.54) is 0 Å². The lowest BCUT2D eigenvalue weighted by Gasteiger charge is -2.12. The van der Waals surface area contributed by atoms with Crippen LogP contribution in [0.4, 0.5) is 11.4 Å². The highest BCUT2D eigenvalue weighted by Gasteiger charge is 2.10. The summed E-state index contributed by atoms with van der Waals surface area (Å²) in [5.41, 5.74) is 4.07. The van der Waals surface area contributed by atoms with E-state index in [1.54, 1.807) is 37.6 Å². The minimum Gasteiger partial charge on any atom is -0.493 e. The summed E-state index contributed by atoms with van der Waals surface area (Å²) in [5.74, 6) is 0.651. The molecule has 0 aliphatic rings. The predicted octanol–water partition coefficient (Wildman–Crippen LogP) is 6.39. The van der Waals surface area contributed by atoms with Gasteiger partial charge in [-0.1, -0.05) is 35.3 Å². The third kappa shape index (κ3) is 6.00. The number of amides is 1. The van der Waals surface area contributed by atoms with E-state index in [9.17, 15) is 4.79 Å². The Kier molecular flexibility index (Phi) is 7.55. The summed E-state index contributed by atoms with van der Waals surface area (Å²) < 4.78 is 11.0. The van der Waals surface area contributed by atoms with Crippen molar-refractivity contribution in [1.29, 1.82) is 0 Å². The molecular weight excluding hydrogens is 435 g/mol. The molecule has 3 aromatic carbocycles. The zero-order valence-corrected chi connectivity index (χ0v) is 18.9. The third-order valence-electron chi connectivity index (χ3n) is 4.59. The highest BCUT2D eigenvalue weighted by Crippen LogP contribution is 2.29. The van der Waals surface area contributed by atoms with E-state index in [-0.39, 0.29) is 12.5 Å². The van der Waals surface area contributed by atoms with Gasteiger partial charge in [0.1, 0.15) is 0 Å². The number of halogens is 2. The average Bonchev–Trinajstić information content (AvgIpc) is 2.76. The second-order valence-electron chi connectivity index (χ2n) is 6.85. The molecule has 0 aliphatic carbocycles. The molecule has 1 amide bonds. The molecule has 0 aliphatic heterocycles. The Hall–Kier alpha value is -3.02. The first-order chi connectivity index (χ1) is 14.9. The first-order valence-electron chi connectivity index (χ1n) is 9.53. The largest absolute Gasteiger partial charge is 0.493 e. The molecule has 7 heteroatoms. The zero-order chi connectivity index (χ0) is 22.4. The van der Waals surface area contributed by atoms with Gasteiger partial charge in [-0.2, -0.15) is 0 Å². The van der Waals surface area contributed by atoms with Gasteiger partial charge in [-0.3, -0.25) is 9.79 Å². The summed E-state index contributed by atoms with van der Waals surface area (Å²) in [6.07, 6.45) is 1.72. The minimum atomic E-state index is -0.302. The van der Waals surface area contributed by atoms with Crippen molar-refractivity contribution in [3.8, 4) is 11.5 Å². The van der Waals surface area contributed by atoms with E-state index in [2.05, 4.69) is 10.3 Å². The van der Waals surface area contributed by atoms with Gasteiger partial charge in [0.25, 0.3) is 5.91 Å². The molecule has 0 bridgehead atoms. The van der Waals surface area contributed by atoms with Crippen LogP contribution in [0.5, 0.6) is 11.5 Å². The van der Waals surface area contributed by atoms with Crippen molar-refractivity contribution in [2.45, 2.75) is 13.8 Å². The van der Waals surface area contributed by atoms with Crippen LogP contribution in [0.1, 0.15) is 16.7 Å². The monoisotopic (exact) mass is 456 g/mol. The van der Waals surface area contributed by atoms with Crippen molar-refractivity contribution in [2.24, 2.45) is 4.99 Å². The van der Waals surface area contributed by atoms with Gasteiger partial charge in [0, 0.05) is 21.9 Å². The number of nitrogens with zero attached hydrogens (tertiary/aromatic N) is 1. The number of rotatable bonds is 7. The fourth-order valence-corrected chi connectivity index (χ4v) is 3.12. The number of anilines is 1. The fourth-order valence-electron chi connectivity index (χ4n) is 2.77. The maximum Gasteiger partial charge on any atom is 0.262 e. The lowest BCUT2D eigenvalue weighted by Crippen LogP contribution is -2.20. The quantitative estimate of drug-likeness (QED) is 0.419. The molecular formula is C24H22Cl2N2O3. The Bertz CT molecular complexity index is 1130. The topological polar surface area (TPSA) is 59.9 Å². The number of hydrogen-bond acceptors (Lipinski definition) is 4. The van der Waals surface area contributed by atoms with E-state index < -0.39 is 0 Å². The molecule has 0 fully saturated rings. The molecule has 0 heterocycles. The smallest absolute Gasteiger partial charge is 0.262 e. The molecule has 5 nitrogen and oxygen atoms in total. The number of carbonyl (C=O) groups excluding carboxylic acids is 1. The zero-order valence-electron chi connectivity index (χ0n) is 17.4. The third-order valence-corrected chi connectivity index (χ3v) is 5.41.